The van der Waals surface area contributed by atoms with E-state index in [4.69, 9.17) is 15.2 Å². The van der Waals surface area contributed by atoms with Crippen molar-refractivity contribution in [3.8, 4) is 0 Å². The van der Waals surface area contributed by atoms with Crippen molar-refractivity contribution >= 4 is 17.3 Å². The number of hydrogen-bond acceptors (Lipinski definition) is 5. The van der Waals surface area contributed by atoms with Crippen molar-refractivity contribution in [2.45, 2.75) is 26.3 Å². The molecular formula is C17H29N3O3. The Bertz CT molecular complexity index is 486. The Balaban J connectivity index is 2.70. The van der Waals surface area contributed by atoms with Crippen molar-refractivity contribution in [3.63, 3.8) is 0 Å². The van der Waals surface area contributed by atoms with Gasteiger partial charge in [-0.05, 0) is 31.0 Å². The maximum absolute atomic E-state index is 12.5. The van der Waals surface area contributed by atoms with Crippen molar-refractivity contribution in [2.24, 2.45) is 0 Å². The quantitative estimate of drug-likeness (QED) is 0.642. The zero-order valence-electron chi connectivity index (χ0n) is 14.6. The molecule has 0 radical (unpaired) electrons. The molecule has 6 nitrogen and oxygen atoms in total. The maximum atomic E-state index is 12.5. The standard InChI is InChI=1S/C17H29N3O3/c1-5-14-6-7-15(12-16(14)18)19-17(21)13(2)20(8-10-22-3)9-11-23-4/h6-7,12-13H,5,8-11,18H2,1-4H3,(H,19,21). The molecule has 0 aliphatic heterocycles. The van der Waals surface area contributed by atoms with Crippen LogP contribution in [0, 0.1) is 0 Å². The minimum absolute atomic E-state index is 0.0687. The average molecular weight is 323 g/mol. The fourth-order valence-corrected chi connectivity index (χ4v) is 2.32. The van der Waals surface area contributed by atoms with E-state index in [1.54, 1.807) is 20.3 Å². The highest BCUT2D eigenvalue weighted by Gasteiger charge is 2.21. The number of rotatable bonds is 10. The lowest BCUT2D eigenvalue weighted by Crippen LogP contribution is -2.45. The highest BCUT2D eigenvalue weighted by molar-refractivity contribution is 5.95. The van der Waals surface area contributed by atoms with Crippen molar-refractivity contribution < 1.29 is 14.3 Å². The van der Waals surface area contributed by atoms with E-state index in [-0.39, 0.29) is 11.9 Å². The first-order valence-corrected chi connectivity index (χ1v) is 7.94. The third-order valence-corrected chi connectivity index (χ3v) is 3.89. The number of methoxy groups -OCH3 is 2. The molecule has 23 heavy (non-hydrogen) atoms. The van der Waals surface area contributed by atoms with Crippen LogP contribution in [0.1, 0.15) is 19.4 Å². The van der Waals surface area contributed by atoms with E-state index in [9.17, 15) is 4.79 Å². The number of hydrogen-bond donors (Lipinski definition) is 2. The first kappa shape index (κ1) is 19.4. The second-order valence-corrected chi connectivity index (χ2v) is 5.45. The zero-order chi connectivity index (χ0) is 17.2. The summed E-state index contributed by atoms with van der Waals surface area (Å²) in [6.45, 7) is 6.41. The molecule has 1 unspecified atom stereocenters. The fourth-order valence-electron chi connectivity index (χ4n) is 2.32. The van der Waals surface area contributed by atoms with Gasteiger partial charge in [-0.3, -0.25) is 9.69 Å². The summed E-state index contributed by atoms with van der Waals surface area (Å²) in [5.41, 5.74) is 8.48. The van der Waals surface area contributed by atoms with E-state index in [0.717, 1.165) is 17.7 Å². The highest BCUT2D eigenvalue weighted by Crippen LogP contribution is 2.19. The summed E-state index contributed by atoms with van der Waals surface area (Å²) < 4.78 is 10.2. The van der Waals surface area contributed by atoms with Crippen LogP contribution >= 0.6 is 0 Å². The molecule has 1 atom stereocenters. The van der Waals surface area contributed by atoms with Gasteiger partial charge >= 0.3 is 0 Å². The first-order valence-electron chi connectivity index (χ1n) is 7.94. The van der Waals surface area contributed by atoms with E-state index in [0.29, 0.717) is 32.0 Å². The predicted molar refractivity (Wildman–Crippen MR) is 93.6 cm³/mol. The van der Waals surface area contributed by atoms with Gasteiger partial charge in [0.25, 0.3) is 0 Å². The van der Waals surface area contributed by atoms with Crippen molar-refractivity contribution in [3.05, 3.63) is 23.8 Å². The molecule has 130 valence electrons. The number of benzene rings is 1. The molecule has 0 aliphatic rings. The van der Waals surface area contributed by atoms with Crippen molar-refractivity contribution in [1.82, 2.24) is 4.90 Å². The molecule has 1 aromatic rings. The Morgan fingerprint density at radius 3 is 2.35 bits per heavy atom. The third kappa shape index (κ3) is 6.17. The minimum atomic E-state index is -0.285. The summed E-state index contributed by atoms with van der Waals surface area (Å²) in [6, 6.07) is 5.35. The number of nitrogens with two attached hydrogens (primary N) is 1. The van der Waals surface area contributed by atoms with Crippen LogP contribution in [0.4, 0.5) is 11.4 Å². The number of amides is 1. The van der Waals surface area contributed by atoms with Crippen molar-refractivity contribution in [2.75, 3.05) is 51.6 Å². The van der Waals surface area contributed by atoms with E-state index < -0.39 is 0 Å². The molecule has 0 heterocycles. The summed E-state index contributed by atoms with van der Waals surface area (Å²) in [5, 5.41) is 2.92. The SMILES string of the molecule is CCc1ccc(NC(=O)C(C)N(CCOC)CCOC)cc1N. The summed E-state index contributed by atoms with van der Waals surface area (Å²) in [7, 11) is 3.30. The first-order chi connectivity index (χ1) is 11.0. The number of carbonyl (C=O) groups excluding carboxylic acids is 1. The predicted octanol–water partition coefficient (Wildman–Crippen LogP) is 1.75. The Labute approximate surface area is 138 Å². The number of nitrogen functional groups attached to an aromatic ring is 1. The van der Waals surface area contributed by atoms with Crippen LogP contribution in [0.5, 0.6) is 0 Å². The van der Waals surface area contributed by atoms with Crippen LogP contribution in [0.3, 0.4) is 0 Å². The number of carbonyl (C=O) groups is 1. The molecule has 1 amide bonds. The van der Waals surface area contributed by atoms with Crippen LogP contribution in [0.25, 0.3) is 0 Å². The summed E-state index contributed by atoms with van der Waals surface area (Å²) in [6.07, 6.45) is 0.873. The van der Waals surface area contributed by atoms with Gasteiger partial charge in [-0.1, -0.05) is 13.0 Å². The molecule has 3 N–H and O–H groups in total. The highest BCUT2D eigenvalue weighted by atomic mass is 16.5. The molecule has 6 heteroatoms. The van der Waals surface area contributed by atoms with Gasteiger partial charge in [0.05, 0.1) is 19.3 Å². The molecule has 0 aliphatic carbocycles. The molecule has 0 bridgehead atoms. The normalized spacial score (nSPS) is 12.4. The summed E-state index contributed by atoms with van der Waals surface area (Å²) >= 11 is 0. The summed E-state index contributed by atoms with van der Waals surface area (Å²) in [5.74, 6) is -0.0687. The Morgan fingerprint density at radius 1 is 1.26 bits per heavy atom. The Kier molecular flexibility index (Phi) is 8.61. The lowest BCUT2D eigenvalue weighted by Gasteiger charge is -2.27. The van der Waals surface area contributed by atoms with E-state index in [1.165, 1.54) is 0 Å². The molecule has 0 saturated carbocycles. The van der Waals surface area contributed by atoms with Gasteiger partial charge in [-0.15, -0.1) is 0 Å². The maximum Gasteiger partial charge on any atom is 0.241 e. The third-order valence-electron chi connectivity index (χ3n) is 3.89. The van der Waals surface area contributed by atoms with Crippen LogP contribution in [0.2, 0.25) is 0 Å². The van der Waals surface area contributed by atoms with E-state index in [2.05, 4.69) is 12.2 Å². The van der Waals surface area contributed by atoms with Gasteiger partial charge < -0.3 is 20.5 Å². The second kappa shape index (κ2) is 10.2. The lowest BCUT2D eigenvalue weighted by atomic mass is 10.1. The van der Waals surface area contributed by atoms with Gasteiger partial charge in [0.1, 0.15) is 0 Å². The largest absolute Gasteiger partial charge is 0.398 e. The van der Waals surface area contributed by atoms with Crippen LogP contribution < -0.4 is 11.1 Å². The Morgan fingerprint density at radius 2 is 1.87 bits per heavy atom. The fraction of sp³-hybridized carbons (Fsp3) is 0.588. The molecule has 1 aromatic carbocycles. The topological polar surface area (TPSA) is 76.8 Å². The van der Waals surface area contributed by atoms with Gasteiger partial charge in [-0.2, -0.15) is 0 Å². The number of ether oxygens (including phenoxy) is 2. The second-order valence-electron chi connectivity index (χ2n) is 5.45. The van der Waals surface area contributed by atoms with E-state index >= 15 is 0 Å². The van der Waals surface area contributed by atoms with Crippen LogP contribution in [-0.2, 0) is 20.7 Å². The van der Waals surface area contributed by atoms with Gasteiger partial charge in [-0.25, -0.2) is 0 Å². The number of anilines is 2. The Hall–Kier alpha value is -1.63. The molecular weight excluding hydrogens is 294 g/mol. The minimum Gasteiger partial charge on any atom is -0.398 e. The van der Waals surface area contributed by atoms with Gasteiger partial charge in [0.2, 0.25) is 5.91 Å². The van der Waals surface area contributed by atoms with Crippen molar-refractivity contribution in [1.29, 1.82) is 0 Å². The molecule has 1 rings (SSSR count). The molecule has 0 spiro atoms. The average Bonchev–Trinajstić information content (AvgIpc) is 2.54. The molecule has 0 aromatic heterocycles. The molecule has 0 fully saturated rings. The molecule has 0 saturated heterocycles. The number of nitrogens with zero attached hydrogens (tertiary/aromatic N) is 1. The number of nitrogens with one attached hydrogen (secondary N) is 1. The van der Waals surface area contributed by atoms with E-state index in [1.807, 2.05) is 24.0 Å². The summed E-state index contributed by atoms with van der Waals surface area (Å²) in [4.78, 5) is 14.5. The van der Waals surface area contributed by atoms with Crippen LogP contribution in [-0.4, -0.2) is 57.4 Å². The van der Waals surface area contributed by atoms with Crippen LogP contribution in [0.15, 0.2) is 18.2 Å². The van der Waals surface area contributed by atoms with Gasteiger partial charge in [0.15, 0.2) is 0 Å². The number of aryl methyl sites for hydroxylation is 1. The van der Waals surface area contributed by atoms with Gasteiger partial charge in [0, 0.05) is 38.7 Å². The zero-order valence-corrected chi connectivity index (χ0v) is 14.6. The monoisotopic (exact) mass is 323 g/mol. The lowest BCUT2D eigenvalue weighted by molar-refractivity contribution is -0.121. The smallest absolute Gasteiger partial charge is 0.241 e.